The van der Waals surface area contributed by atoms with Gasteiger partial charge in [-0.2, -0.15) is 0 Å². The molecule has 0 bridgehead atoms. The van der Waals surface area contributed by atoms with E-state index in [0.717, 1.165) is 12.0 Å². The minimum atomic E-state index is -0.432. The molecule has 0 aliphatic rings. The lowest BCUT2D eigenvalue weighted by Gasteiger charge is -2.21. The van der Waals surface area contributed by atoms with Gasteiger partial charge in [0, 0.05) is 6.42 Å². The number of carbonyl (C=O) groups is 1. The highest BCUT2D eigenvalue weighted by molar-refractivity contribution is 7.80. The number of nitrogens with one attached hydrogen (secondary N) is 1. The van der Waals surface area contributed by atoms with E-state index in [4.69, 9.17) is 21.5 Å². The lowest BCUT2D eigenvalue weighted by Crippen LogP contribution is -2.37. The summed E-state index contributed by atoms with van der Waals surface area (Å²) in [5.74, 6) is 0.292. The molecule has 1 aromatic heterocycles. The van der Waals surface area contributed by atoms with Crippen LogP contribution in [0.1, 0.15) is 26.5 Å². The van der Waals surface area contributed by atoms with E-state index < -0.39 is 5.92 Å². The van der Waals surface area contributed by atoms with Gasteiger partial charge in [-0.15, -0.1) is 0 Å². The Kier molecular flexibility index (Phi) is 4.84. The molecular formula is C12H17NO3S. The molecule has 1 heterocycles. The van der Waals surface area contributed by atoms with E-state index in [1.54, 1.807) is 12.3 Å². The minimum Gasteiger partial charge on any atom is -0.469 e. The maximum Gasteiger partial charge on any atom is 0.130 e. The third-order valence-corrected chi connectivity index (χ3v) is 2.35. The second-order valence-electron chi connectivity index (χ2n) is 4.71. The molecular weight excluding hydrogens is 238 g/mol. The molecule has 5 heteroatoms. The summed E-state index contributed by atoms with van der Waals surface area (Å²) in [5.41, 5.74) is 2.29. The fourth-order valence-electron chi connectivity index (χ4n) is 1.13. The van der Waals surface area contributed by atoms with Crippen LogP contribution in [0, 0.1) is 5.92 Å². The first kappa shape index (κ1) is 13.9. The smallest absolute Gasteiger partial charge is 0.130 e. The lowest BCUT2D eigenvalue weighted by atomic mass is 10.1. The van der Waals surface area contributed by atoms with Crippen LogP contribution in [-0.4, -0.2) is 16.9 Å². The molecule has 1 rings (SSSR count). The van der Waals surface area contributed by atoms with Crippen molar-refractivity contribution in [1.29, 1.82) is 0 Å². The van der Waals surface area contributed by atoms with Gasteiger partial charge in [0.05, 0.1) is 17.8 Å². The number of hydrogen-bond donors (Lipinski definition) is 1. The first-order chi connectivity index (χ1) is 7.92. The van der Waals surface area contributed by atoms with Gasteiger partial charge in [0.25, 0.3) is 0 Å². The first-order valence-corrected chi connectivity index (χ1v) is 5.79. The van der Waals surface area contributed by atoms with E-state index in [1.807, 2.05) is 26.8 Å². The molecule has 0 aromatic carbocycles. The zero-order valence-electron chi connectivity index (χ0n) is 10.2. The van der Waals surface area contributed by atoms with Crippen molar-refractivity contribution in [2.24, 2.45) is 5.92 Å². The molecule has 0 amide bonds. The van der Waals surface area contributed by atoms with Crippen LogP contribution in [0.5, 0.6) is 0 Å². The molecule has 0 spiro atoms. The van der Waals surface area contributed by atoms with E-state index in [-0.39, 0.29) is 5.60 Å². The van der Waals surface area contributed by atoms with Crippen molar-refractivity contribution in [3.63, 3.8) is 0 Å². The van der Waals surface area contributed by atoms with Gasteiger partial charge in [0.15, 0.2) is 0 Å². The lowest BCUT2D eigenvalue weighted by molar-refractivity contribution is -0.110. The van der Waals surface area contributed by atoms with Crippen LogP contribution >= 0.6 is 12.2 Å². The molecule has 4 nitrogen and oxygen atoms in total. The minimum absolute atomic E-state index is 0.359. The Morgan fingerprint density at radius 1 is 1.65 bits per heavy atom. The number of hydroxylamine groups is 1. The van der Waals surface area contributed by atoms with Crippen molar-refractivity contribution in [1.82, 2.24) is 5.48 Å². The number of thiocarbonyl (C=S) groups is 1. The highest BCUT2D eigenvalue weighted by atomic mass is 32.1. The second kappa shape index (κ2) is 5.93. The molecule has 17 heavy (non-hydrogen) atoms. The van der Waals surface area contributed by atoms with Crippen LogP contribution in [-0.2, 0) is 16.1 Å². The molecule has 0 fully saturated rings. The quantitative estimate of drug-likeness (QED) is 0.497. The van der Waals surface area contributed by atoms with E-state index in [9.17, 15) is 4.79 Å². The van der Waals surface area contributed by atoms with Crippen molar-refractivity contribution in [2.45, 2.75) is 32.8 Å². The fraction of sp³-hybridized carbons (Fsp3) is 0.500. The highest BCUT2D eigenvalue weighted by Crippen LogP contribution is 2.10. The summed E-state index contributed by atoms with van der Waals surface area (Å²) in [4.78, 5) is 16.7. The van der Waals surface area contributed by atoms with Crippen molar-refractivity contribution < 1.29 is 14.0 Å². The molecule has 1 unspecified atom stereocenters. The van der Waals surface area contributed by atoms with Crippen LogP contribution < -0.4 is 5.48 Å². The van der Waals surface area contributed by atoms with Crippen LogP contribution in [0.2, 0.25) is 0 Å². The summed E-state index contributed by atoms with van der Waals surface area (Å²) in [6.45, 7) is 5.68. The molecule has 0 aliphatic carbocycles. The summed E-state index contributed by atoms with van der Waals surface area (Å²) < 4.78 is 5.17. The Morgan fingerprint density at radius 3 is 2.82 bits per heavy atom. The van der Waals surface area contributed by atoms with E-state index in [1.165, 1.54) is 0 Å². The standard InChI is InChI=1S/C12H17NO3S/c1-12(2,3)16-13-11(17)9(8-14)7-10-5-4-6-15-10/h4-6,8-9H,7H2,1-3H3,(H,13,17). The largest absolute Gasteiger partial charge is 0.469 e. The van der Waals surface area contributed by atoms with E-state index in [0.29, 0.717) is 11.4 Å². The third kappa shape index (κ3) is 5.10. The van der Waals surface area contributed by atoms with Crippen molar-refractivity contribution in [3.8, 4) is 0 Å². The summed E-state index contributed by atoms with van der Waals surface area (Å²) >= 11 is 5.11. The van der Waals surface area contributed by atoms with E-state index in [2.05, 4.69) is 5.48 Å². The average Bonchev–Trinajstić information content (AvgIpc) is 2.74. The zero-order chi connectivity index (χ0) is 12.9. The molecule has 1 aromatic rings. The summed E-state index contributed by atoms with van der Waals surface area (Å²) in [5, 5.41) is 0. The summed E-state index contributed by atoms with van der Waals surface area (Å²) in [7, 11) is 0. The topological polar surface area (TPSA) is 51.5 Å². The normalized spacial score (nSPS) is 13.1. The average molecular weight is 255 g/mol. The predicted octanol–water partition coefficient (Wildman–Crippen LogP) is 2.28. The maximum atomic E-state index is 11.0. The van der Waals surface area contributed by atoms with Crippen molar-refractivity contribution in [2.75, 3.05) is 0 Å². The van der Waals surface area contributed by atoms with Gasteiger partial charge < -0.3 is 9.21 Å². The number of furan rings is 1. The predicted molar refractivity (Wildman–Crippen MR) is 68.5 cm³/mol. The molecule has 94 valence electrons. The van der Waals surface area contributed by atoms with Gasteiger partial charge in [-0.05, 0) is 32.9 Å². The number of aldehydes is 1. The van der Waals surface area contributed by atoms with Crippen LogP contribution in [0.4, 0.5) is 0 Å². The monoisotopic (exact) mass is 255 g/mol. The highest BCUT2D eigenvalue weighted by Gasteiger charge is 2.18. The fourth-order valence-corrected chi connectivity index (χ4v) is 1.31. The summed E-state index contributed by atoms with van der Waals surface area (Å²) in [6, 6.07) is 3.59. The molecule has 1 N–H and O–H groups in total. The van der Waals surface area contributed by atoms with Gasteiger partial charge in [0.2, 0.25) is 0 Å². The molecule has 1 atom stereocenters. The second-order valence-corrected chi connectivity index (χ2v) is 5.15. The van der Waals surface area contributed by atoms with Gasteiger partial charge in [-0.3, -0.25) is 10.3 Å². The van der Waals surface area contributed by atoms with Crippen LogP contribution in [0.15, 0.2) is 22.8 Å². The SMILES string of the molecule is CC(C)(C)ONC(=S)C(C=O)Cc1ccco1. The molecule has 0 saturated carbocycles. The third-order valence-electron chi connectivity index (χ3n) is 1.96. The maximum absolute atomic E-state index is 11.0. The first-order valence-electron chi connectivity index (χ1n) is 5.38. The Labute approximate surface area is 106 Å². The van der Waals surface area contributed by atoms with Gasteiger partial charge >= 0.3 is 0 Å². The summed E-state index contributed by atoms with van der Waals surface area (Å²) in [6.07, 6.45) is 2.80. The number of rotatable bonds is 5. The zero-order valence-corrected chi connectivity index (χ0v) is 11.0. The number of hydrogen-bond acceptors (Lipinski definition) is 4. The van der Waals surface area contributed by atoms with Crippen molar-refractivity contribution in [3.05, 3.63) is 24.2 Å². The molecule has 0 saturated heterocycles. The Bertz CT molecular complexity index is 368. The van der Waals surface area contributed by atoms with Gasteiger partial charge in [-0.1, -0.05) is 12.2 Å². The Balaban J connectivity index is 2.50. The van der Waals surface area contributed by atoms with Gasteiger partial charge in [0.1, 0.15) is 17.0 Å². The Hall–Kier alpha value is -1.20. The number of carbonyl (C=O) groups excluding carboxylic acids is 1. The van der Waals surface area contributed by atoms with Crippen LogP contribution in [0.3, 0.4) is 0 Å². The molecule has 0 aliphatic heterocycles. The Morgan fingerprint density at radius 2 is 2.35 bits per heavy atom. The molecule has 0 radical (unpaired) electrons. The van der Waals surface area contributed by atoms with Crippen molar-refractivity contribution >= 4 is 23.5 Å². The van der Waals surface area contributed by atoms with Gasteiger partial charge in [-0.25, -0.2) is 0 Å². The van der Waals surface area contributed by atoms with E-state index >= 15 is 0 Å². The van der Waals surface area contributed by atoms with Crippen LogP contribution in [0.25, 0.3) is 0 Å².